The standard InChI is InChI=1S/C17H16N4O8S/c1-10(22)9-15(23)18-11-5-3-7-13(29-2)16(11)20-19-12-6-4-8-14(30(26,27)28)17(12)21(24)25/h3-8H,9H2,1-2H3,(H,18,23)(H,26,27,28). The molecular formula is C17H16N4O8S. The molecule has 13 heteroatoms. The van der Waals surface area contributed by atoms with E-state index in [4.69, 9.17) is 4.74 Å². The first kappa shape index (κ1) is 22.6. The summed E-state index contributed by atoms with van der Waals surface area (Å²) in [6.45, 7) is 1.24. The van der Waals surface area contributed by atoms with E-state index in [2.05, 4.69) is 15.5 Å². The molecule has 2 aromatic rings. The summed E-state index contributed by atoms with van der Waals surface area (Å²) in [5.41, 5.74) is -1.34. The highest BCUT2D eigenvalue weighted by molar-refractivity contribution is 7.86. The lowest BCUT2D eigenvalue weighted by Crippen LogP contribution is -2.14. The summed E-state index contributed by atoms with van der Waals surface area (Å²) < 4.78 is 37.2. The van der Waals surface area contributed by atoms with Crippen molar-refractivity contribution < 1.29 is 32.2 Å². The SMILES string of the molecule is COc1cccc(NC(=O)CC(C)=O)c1N=Nc1cccc(S(=O)(=O)O)c1[N+](=O)[O-]. The topological polar surface area (TPSA) is 178 Å². The second-order valence-electron chi connectivity index (χ2n) is 5.84. The van der Waals surface area contributed by atoms with Crippen molar-refractivity contribution in [3.63, 3.8) is 0 Å². The van der Waals surface area contributed by atoms with Crippen molar-refractivity contribution in [2.24, 2.45) is 10.2 Å². The van der Waals surface area contributed by atoms with Gasteiger partial charge >= 0.3 is 15.8 Å². The molecule has 0 bridgehead atoms. The number of ether oxygens (including phenoxy) is 1. The molecule has 0 aliphatic rings. The number of nitro benzene ring substituents is 1. The van der Waals surface area contributed by atoms with Crippen molar-refractivity contribution in [1.82, 2.24) is 0 Å². The van der Waals surface area contributed by atoms with Crippen LogP contribution >= 0.6 is 0 Å². The zero-order valence-corrected chi connectivity index (χ0v) is 16.5. The van der Waals surface area contributed by atoms with E-state index in [0.717, 1.165) is 18.2 Å². The maximum Gasteiger partial charge on any atom is 0.317 e. The number of benzene rings is 2. The minimum atomic E-state index is -4.89. The van der Waals surface area contributed by atoms with Gasteiger partial charge in [-0.1, -0.05) is 12.1 Å². The fraction of sp³-hybridized carbons (Fsp3) is 0.176. The van der Waals surface area contributed by atoms with Crippen molar-refractivity contribution >= 4 is 44.6 Å². The summed E-state index contributed by atoms with van der Waals surface area (Å²) in [5.74, 6) is -0.837. The Kier molecular flexibility index (Phi) is 6.92. The number of nitrogens with zero attached hydrogens (tertiary/aromatic N) is 3. The zero-order chi connectivity index (χ0) is 22.5. The van der Waals surface area contributed by atoms with Gasteiger partial charge in [0.1, 0.15) is 11.5 Å². The normalized spacial score (nSPS) is 11.3. The molecule has 0 aliphatic heterocycles. The lowest BCUT2D eigenvalue weighted by atomic mass is 10.2. The van der Waals surface area contributed by atoms with Crippen molar-refractivity contribution in [1.29, 1.82) is 0 Å². The molecule has 0 saturated carbocycles. The van der Waals surface area contributed by atoms with Crippen LogP contribution in [0.4, 0.5) is 22.7 Å². The second kappa shape index (κ2) is 9.19. The fourth-order valence-electron chi connectivity index (χ4n) is 2.40. The number of carbonyl (C=O) groups is 2. The van der Waals surface area contributed by atoms with E-state index in [1.165, 1.54) is 32.2 Å². The maximum atomic E-state index is 11.9. The second-order valence-corrected chi connectivity index (χ2v) is 7.23. The first-order valence-electron chi connectivity index (χ1n) is 8.17. The minimum Gasteiger partial charge on any atom is -0.494 e. The van der Waals surface area contributed by atoms with Gasteiger partial charge in [-0.25, -0.2) is 0 Å². The minimum absolute atomic E-state index is 0.0246. The molecule has 0 saturated heterocycles. The monoisotopic (exact) mass is 436 g/mol. The van der Waals surface area contributed by atoms with Gasteiger partial charge in [0.05, 0.1) is 24.1 Å². The Hall–Kier alpha value is -3.71. The number of anilines is 1. The first-order chi connectivity index (χ1) is 14.0. The summed E-state index contributed by atoms with van der Waals surface area (Å²) in [4.78, 5) is 32.4. The van der Waals surface area contributed by atoms with Crippen LogP contribution in [-0.2, 0) is 19.7 Å². The van der Waals surface area contributed by atoms with E-state index in [1.54, 1.807) is 0 Å². The Morgan fingerprint density at radius 3 is 2.43 bits per heavy atom. The van der Waals surface area contributed by atoms with Crippen LogP contribution in [0.1, 0.15) is 13.3 Å². The molecule has 0 spiro atoms. The van der Waals surface area contributed by atoms with Crippen molar-refractivity contribution in [3.05, 3.63) is 46.5 Å². The van der Waals surface area contributed by atoms with E-state index in [1.807, 2.05) is 0 Å². The molecule has 0 fully saturated rings. The quantitative estimate of drug-likeness (QED) is 0.208. The highest BCUT2D eigenvalue weighted by atomic mass is 32.2. The van der Waals surface area contributed by atoms with Crippen molar-refractivity contribution in [2.75, 3.05) is 12.4 Å². The van der Waals surface area contributed by atoms with Gasteiger partial charge in [0.2, 0.25) is 5.91 Å². The van der Waals surface area contributed by atoms with Crippen LogP contribution in [0.25, 0.3) is 0 Å². The third-order valence-corrected chi connectivity index (χ3v) is 4.48. The van der Waals surface area contributed by atoms with Crippen molar-refractivity contribution in [3.8, 4) is 5.75 Å². The third kappa shape index (κ3) is 5.42. The number of nitrogens with one attached hydrogen (secondary N) is 1. The molecule has 0 aliphatic carbocycles. The highest BCUT2D eigenvalue weighted by Crippen LogP contribution is 2.39. The van der Waals surface area contributed by atoms with Gasteiger partial charge < -0.3 is 10.1 Å². The largest absolute Gasteiger partial charge is 0.494 e. The van der Waals surface area contributed by atoms with Gasteiger partial charge in [-0.3, -0.25) is 24.3 Å². The fourth-order valence-corrected chi connectivity index (χ4v) is 3.07. The predicted molar refractivity (Wildman–Crippen MR) is 104 cm³/mol. The molecule has 0 radical (unpaired) electrons. The number of ketones is 1. The Labute approximate surface area is 170 Å². The van der Waals surface area contributed by atoms with Crippen LogP contribution in [0, 0.1) is 10.1 Å². The summed E-state index contributed by atoms with van der Waals surface area (Å²) in [6, 6.07) is 7.57. The Morgan fingerprint density at radius 1 is 1.20 bits per heavy atom. The average molecular weight is 436 g/mol. The van der Waals surface area contributed by atoms with Gasteiger partial charge in [0, 0.05) is 0 Å². The summed E-state index contributed by atoms with van der Waals surface area (Å²) in [6.07, 6.45) is -0.379. The van der Waals surface area contributed by atoms with Crippen LogP contribution in [0.2, 0.25) is 0 Å². The summed E-state index contributed by atoms with van der Waals surface area (Å²) >= 11 is 0. The van der Waals surface area contributed by atoms with Crippen molar-refractivity contribution in [2.45, 2.75) is 18.2 Å². The lowest BCUT2D eigenvalue weighted by molar-refractivity contribution is -0.387. The van der Waals surface area contributed by atoms with Gasteiger partial charge in [0.25, 0.3) is 0 Å². The van der Waals surface area contributed by atoms with Crippen LogP contribution in [-0.4, -0.2) is 36.7 Å². The molecule has 0 heterocycles. The van der Waals surface area contributed by atoms with Gasteiger partial charge in [0.15, 0.2) is 16.3 Å². The molecule has 2 N–H and O–H groups in total. The zero-order valence-electron chi connectivity index (χ0n) is 15.7. The number of methoxy groups -OCH3 is 1. The van der Waals surface area contributed by atoms with Gasteiger partial charge in [-0.05, 0) is 31.2 Å². The Morgan fingerprint density at radius 2 is 1.87 bits per heavy atom. The molecule has 2 rings (SSSR count). The number of rotatable bonds is 8. The Bertz CT molecular complexity index is 1140. The van der Waals surface area contributed by atoms with E-state index in [-0.39, 0.29) is 29.3 Å². The number of carbonyl (C=O) groups excluding carboxylic acids is 2. The number of nitro groups is 1. The number of Topliss-reactive ketones (excluding diaryl/α,β-unsaturated/α-hetero) is 1. The molecule has 0 aromatic heterocycles. The summed E-state index contributed by atoms with van der Waals surface area (Å²) in [7, 11) is -3.57. The Balaban J connectivity index is 2.56. The van der Waals surface area contributed by atoms with Crippen LogP contribution in [0.3, 0.4) is 0 Å². The molecule has 1 amide bonds. The van der Waals surface area contributed by atoms with Gasteiger partial charge in [-0.15, -0.1) is 10.2 Å². The number of azo groups is 1. The molecule has 0 atom stereocenters. The number of para-hydroxylation sites is 1. The predicted octanol–water partition coefficient (Wildman–Crippen LogP) is 3.18. The van der Waals surface area contributed by atoms with E-state index < -0.39 is 37.2 Å². The van der Waals surface area contributed by atoms with Crippen LogP contribution < -0.4 is 10.1 Å². The third-order valence-electron chi connectivity index (χ3n) is 3.60. The van der Waals surface area contributed by atoms with E-state index in [9.17, 15) is 32.7 Å². The van der Waals surface area contributed by atoms with Crippen LogP contribution in [0.5, 0.6) is 5.75 Å². The smallest absolute Gasteiger partial charge is 0.317 e. The molecule has 2 aromatic carbocycles. The number of hydrogen-bond acceptors (Lipinski definition) is 9. The van der Waals surface area contributed by atoms with Gasteiger partial charge in [-0.2, -0.15) is 8.42 Å². The number of hydrogen-bond donors (Lipinski definition) is 2. The highest BCUT2D eigenvalue weighted by Gasteiger charge is 2.28. The maximum absolute atomic E-state index is 11.9. The molecular weight excluding hydrogens is 420 g/mol. The first-order valence-corrected chi connectivity index (χ1v) is 9.61. The van der Waals surface area contributed by atoms with Crippen LogP contribution in [0.15, 0.2) is 51.5 Å². The average Bonchev–Trinajstić information content (AvgIpc) is 2.64. The molecule has 0 unspecified atom stereocenters. The van der Waals surface area contributed by atoms with E-state index >= 15 is 0 Å². The molecule has 12 nitrogen and oxygen atoms in total. The molecule has 158 valence electrons. The van der Waals surface area contributed by atoms with E-state index in [0.29, 0.717) is 0 Å². The molecule has 30 heavy (non-hydrogen) atoms. The summed E-state index contributed by atoms with van der Waals surface area (Å²) in [5, 5.41) is 21.4. The lowest BCUT2D eigenvalue weighted by Gasteiger charge is -2.10. The number of amides is 1.